The Balaban J connectivity index is 1.76. The smallest absolute Gasteiger partial charge is 0.240 e. The van der Waals surface area contributed by atoms with Gasteiger partial charge < -0.3 is 15.2 Å². The van der Waals surface area contributed by atoms with Crippen molar-refractivity contribution in [1.82, 2.24) is 20.2 Å². The third-order valence-electron chi connectivity index (χ3n) is 3.33. The van der Waals surface area contributed by atoms with Crippen LogP contribution in [0.3, 0.4) is 0 Å². The van der Waals surface area contributed by atoms with Gasteiger partial charge in [-0.3, -0.25) is 4.79 Å². The number of rotatable bonds is 4. The minimum Gasteiger partial charge on any atom is -0.353 e. The fourth-order valence-corrected chi connectivity index (χ4v) is 2.16. The van der Waals surface area contributed by atoms with Crippen molar-refractivity contribution in [2.75, 3.05) is 13.1 Å². The summed E-state index contributed by atoms with van der Waals surface area (Å²) in [7, 11) is 0. The molecule has 0 aliphatic carbocycles. The second-order valence-corrected chi connectivity index (χ2v) is 4.77. The van der Waals surface area contributed by atoms with Gasteiger partial charge in [-0.25, -0.2) is 4.98 Å². The molecular weight excluding hydrogens is 216 g/mol. The summed E-state index contributed by atoms with van der Waals surface area (Å²) in [4.78, 5) is 16.0. The molecule has 0 radical (unpaired) electrons. The van der Waals surface area contributed by atoms with E-state index >= 15 is 0 Å². The van der Waals surface area contributed by atoms with Crippen LogP contribution in [-0.2, 0) is 11.3 Å². The molecule has 1 aliphatic rings. The molecule has 0 aromatic carbocycles. The highest BCUT2D eigenvalue weighted by molar-refractivity contribution is 5.85. The maximum absolute atomic E-state index is 12.0. The molecule has 1 aliphatic heterocycles. The van der Waals surface area contributed by atoms with Crippen LogP contribution in [-0.4, -0.2) is 34.1 Å². The summed E-state index contributed by atoms with van der Waals surface area (Å²) in [6, 6.07) is 0. The van der Waals surface area contributed by atoms with Gasteiger partial charge in [0.25, 0.3) is 0 Å². The first-order valence-corrected chi connectivity index (χ1v) is 6.20. The Bertz CT molecular complexity index is 355. The van der Waals surface area contributed by atoms with Crippen LogP contribution in [0, 0.1) is 0 Å². The van der Waals surface area contributed by atoms with Crippen molar-refractivity contribution in [1.29, 1.82) is 0 Å². The number of piperidine rings is 1. The highest BCUT2D eigenvalue weighted by Gasteiger charge is 2.33. The monoisotopic (exact) mass is 236 g/mol. The molecule has 2 rings (SSSR count). The molecule has 1 saturated heterocycles. The van der Waals surface area contributed by atoms with Crippen molar-refractivity contribution in [3.05, 3.63) is 18.7 Å². The average molecular weight is 236 g/mol. The van der Waals surface area contributed by atoms with Crippen molar-refractivity contribution in [3.63, 3.8) is 0 Å². The number of carbonyl (C=O) groups excluding carboxylic acids is 1. The van der Waals surface area contributed by atoms with Gasteiger partial charge in [0.2, 0.25) is 5.91 Å². The van der Waals surface area contributed by atoms with Gasteiger partial charge in [0.1, 0.15) is 0 Å². The Morgan fingerprint density at radius 1 is 1.59 bits per heavy atom. The second kappa shape index (κ2) is 5.31. The molecule has 5 nitrogen and oxygen atoms in total. The minimum absolute atomic E-state index is 0.109. The van der Waals surface area contributed by atoms with Crippen LogP contribution in [0.2, 0.25) is 0 Å². The van der Waals surface area contributed by atoms with Gasteiger partial charge in [-0.15, -0.1) is 0 Å². The molecule has 94 valence electrons. The lowest BCUT2D eigenvalue weighted by Gasteiger charge is -2.33. The molecule has 0 bridgehead atoms. The minimum atomic E-state index is -0.382. The number of nitrogens with one attached hydrogen (secondary N) is 2. The number of amides is 1. The number of aromatic nitrogens is 2. The van der Waals surface area contributed by atoms with Crippen LogP contribution >= 0.6 is 0 Å². The molecule has 1 atom stereocenters. The van der Waals surface area contributed by atoms with Crippen LogP contribution in [0.15, 0.2) is 18.7 Å². The first-order valence-electron chi connectivity index (χ1n) is 6.20. The zero-order valence-corrected chi connectivity index (χ0v) is 10.3. The van der Waals surface area contributed by atoms with Crippen molar-refractivity contribution in [3.8, 4) is 0 Å². The van der Waals surface area contributed by atoms with E-state index in [0.717, 1.165) is 32.4 Å². The molecule has 1 aromatic heterocycles. The van der Waals surface area contributed by atoms with Gasteiger partial charge in [-0.1, -0.05) is 0 Å². The highest BCUT2D eigenvalue weighted by atomic mass is 16.2. The summed E-state index contributed by atoms with van der Waals surface area (Å²) in [5.74, 6) is 0.109. The van der Waals surface area contributed by atoms with Gasteiger partial charge in [-0.05, 0) is 32.7 Å². The van der Waals surface area contributed by atoms with Gasteiger partial charge in [-0.2, -0.15) is 0 Å². The Labute approximate surface area is 102 Å². The summed E-state index contributed by atoms with van der Waals surface area (Å²) in [5.41, 5.74) is -0.382. The lowest BCUT2D eigenvalue weighted by atomic mass is 9.90. The first-order chi connectivity index (χ1) is 8.21. The van der Waals surface area contributed by atoms with Crippen molar-refractivity contribution >= 4 is 5.91 Å². The molecule has 1 unspecified atom stereocenters. The molecule has 2 heterocycles. The zero-order valence-electron chi connectivity index (χ0n) is 10.3. The van der Waals surface area contributed by atoms with E-state index in [9.17, 15) is 4.79 Å². The number of hydrogen-bond acceptors (Lipinski definition) is 3. The van der Waals surface area contributed by atoms with E-state index in [1.54, 1.807) is 12.5 Å². The summed E-state index contributed by atoms with van der Waals surface area (Å²) >= 11 is 0. The Morgan fingerprint density at radius 3 is 3.12 bits per heavy atom. The Kier molecular flexibility index (Phi) is 3.78. The SMILES string of the molecule is CC1(C(=O)NCCn2ccnc2)CCCCN1. The first kappa shape index (κ1) is 12.1. The fraction of sp³-hybridized carbons (Fsp3) is 0.667. The molecule has 1 aromatic rings. The molecule has 0 saturated carbocycles. The lowest BCUT2D eigenvalue weighted by Crippen LogP contribution is -2.57. The fourth-order valence-electron chi connectivity index (χ4n) is 2.16. The summed E-state index contributed by atoms with van der Waals surface area (Å²) < 4.78 is 1.96. The van der Waals surface area contributed by atoms with Gasteiger partial charge in [0.15, 0.2) is 0 Å². The van der Waals surface area contributed by atoms with Crippen molar-refractivity contribution in [2.24, 2.45) is 0 Å². The molecular formula is C12H20N4O. The van der Waals surface area contributed by atoms with E-state index in [2.05, 4.69) is 15.6 Å². The molecule has 17 heavy (non-hydrogen) atoms. The third-order valence-corrected chi connectivity index (χ3v) is 3.33. The van der Waals surface area contributed by atoms with E-state index in [0.29, 0.717) is 6.54 Å². The quantitative estimate of drug-likeness (QED) is 0.802. The van der Waals surface area contributed by atoms with Gasteiger partial charge in [0, 0.05) is 25.5 Å². The Morgan fingerprint density at radius 2 is 2.47 bits per heavy atom. The van der Waals surface area contributed by atoms with Crippen LogP contribution in [0.1, 0.15) is 26.2 Å². The van der Waals surface area contributed by atoms with Crippen molar-refractivity contribution in [2.45, 2.75) is 38.3 Å². The topological polar surface area (TPSA) is 59.0 Å². The van der Waals surface area contributed by atoms with Crippen LogP contribution in [0.5, 0.6) is 0 Å². The van der Waals surface area contributed by atoms with E-state index in [1.807, 2.05) is 17.7 Å². The molecule has 1 fully saturated rings. The normalized spacial score (nSPS) is 24.5. The van der Waals surface area contributed by atoms with Crippen LogP contribution < -0.4 is 10.6 Å². The number of hydrogen-bond donors (Lipinski definition) is 2. The molecule has 1 amide bonds. The Hall–Kier alpha value is -1.36. The van der Waals surface area contributed by atoms with Crippen LogP contribution in [0.25, 0.3) is 0 Å². The maximum Gasteiger partial charge on any atom is 0.240 e. The number of imidazole rings is 1. The van der Waals surface area contributed by atoms with Gasteiger partial charge in [0.05, 0.1) is 11.9 Å². The lowest BCUT2D eigenvalue weighted by molar-refractivity contribution is -0.127. The zero-order chi connectivity index (χ0) is 12.1. The maximum atomic E-state index is 12.0. The predicted molar refractivity (Wildman–Crippen MR) is 65.5 cm³/mol. The van der Waals surface area contributed by atoms with E-state index in [4.69, 9.17) is 0 Å². The average Bonchev–Trinajstić information content (AvgIpc) is 2.83. The number of carbonyl (C=O) groups is 1. The highest BCUT2D eigenvalue weighted by Crippen LogP contribution is 2.18. The standard InChI is InChI=1S/C12H20N4O/c1-12(4-2-3-5-15-12)11(17)14-7-9-16-8-6-13-10-16/h6,8,10,15H,2-5,7,9H2,1H3,(H,14,17). The molecule has 0 spiro atoms. The third kappa shape index (κ3) is 3.06. The van der Waals surface area contributed by atoms with E-state index in [1.165, 1.54) is 0 Å². The summed E-state index contributed by atoms with van der Waals surface area (Å²) in [6.07, 6.45) is 8.60. The number of nitrogens with zero attached hydrogens (tertiary/aromatic N) is 2. The van der Waals surface area contributed by atoms with Gasteiger partial charge >= 0.3 is 0 Å². The van der Waals surface area contributed by atoms with Crippen LogP contribution in [0.4, 0.5) is 0 Å². The van der Waals surface area contributed by atoms with Crippen molar-refractivity contribution < 1.29 is 4.79 Å². The second-order valence-electron chi connectivity index (χ2n) is 4.77. The molecule has 2 N–H and O–H groups in total. The largest absolute Gasteiger partial charge is 0.353 e. The summed E-state index contributed by atoms with van der Waals surface area (Å²) in [6.45, 7) is 4.33. The summed E-state index contributed by atoms with van der Waals surface area (Å²) in [5, 5.41) is 6.29. The van der Waals surface area contributed by atoms with E-state index < -0.39 is 0 Å². The predicted octanol–water partition coefficient (Wildman–Crippen LogP) is 0.531. The molecule has 5 heteroatoms. The van der Waals surface area contributed by atoms with E-state index in [-0.39, 0.29) is 11.4 Å².